The van der Waals surface area contributed by atoms with Crippen LogP contribution < -0.4 is 10.9 Å². The van der Waals surface area contributed by atoms with Gasteiger partial charge >= 0.3 is 0 Å². The van der Waals surface area contributed by atoms with Gasteiger partial charge < -0.3 is 10.2 Å². The van der Waals surface area contributed by atoms with Gasteiger partial charge in [0.2, 0.25) is 0 Å². The fraction of sp³-hybridized carbons (Fsp3) is 0.368. The second-order valence-electron chi connectivity index (χ2n) is 6.94. The summed E-state index contributed by atoms with van der Waals surface area (Å²) in [6.07, 6.45) is 4.25. The maximum Gasteiger partial charge on any atom is 0.267 e. The first-order valence-corrected chi connectivity index (χ1v) is 10.1. The fourth-order valence-electron chi connectivity index (χ4n) is 2.80. The van der Waals surface area contributed by atoms with E-state index in [0.29, 0.717) is 32.8 Å². The smallest absolute Gasteiger partial charge is 0.267 e. The van der Waals surface area contributed by atoms with E-state index in [1.807, 2.05) is 33.2 Å². The molecule has 0 radical (unpaired) electrons. The first-order chi connectivity index (χ1) is 13.3. The Kier molecular flexibility index (Phi) is 6.17. The van der Waals surface area contributed by atoms with Crippen molar-refractivity contribution in [2.75, 3.05) is 39.5 Å². The number of carbonyl (C=O) groups excluding carboxylic acids is 1. The number of likely N-dealkylation sites (N-methyl/N-ethyl adjacent to an activating group) is 1. The van der Waals surface area contributed by atoms with Crippen LogP contribution in [0.25, 0.3) is 11.7 Å². The van der Waals surface area contributed by atoms with Crippen molar-refractivity contribution in [3.8, 4) is 0 Å². The van der Waals surface area contributed by atoms with Gasteiger partial charge in [0.25, 0.3) is 11.5 Å². The third-order valence-corrected chi connectivity index (χ3v) is 5.83. The number of carbonyl (C=O) groups is 1. The predicted octanol–water partition coefficient (Wildman–Crippen LogP) is 2.20. The number of pyridine rings is 1. The molecule has 28 heavy (non-hydrogen) atoms. The van der Waals surface area contributed by atoms with Gasteiger partial charge in [0.1, 0.15) is 15.8 Å². The Labute approximate surface area is 173 Å². The molecular weight excluding hydrogens is 394 g/mol. The molecule has 1 fully saturated rings. The molecule has 0 bridgehead atoms. The van der Waals surface area contributed by atoms with E-state index in [9.17, 15) is 9.59 Å². The van der Waals surface area contributed by atoms with E-state index in [1.165, 1.54) is 21.1 Å². The van der Waals surface area contributed by atoms with Gasteiger partial charge in [-0.3, -0.25) is 18.9 Å². The third-order valence-electron chi connectivity index (χ3n) is 4.34. The molecule has 148 valence electrons. The lowest BCUT2D eigenvalue weighted by Crippen LogP contribution is -2.24. The summed E-state index contributed by atoms with van der Waals surface area (Å²) >= 11 is 6.38. The Balaban J connectivity index is 2.05. The number of nitrogens with zero attached hydrogens (tertiary/aromatic N) is 4. The number of aryl methyl sites for hydroxylation is 1. The van der Waals surface area contributed by atoms with Crippen LogP contribution in [0.4, 0.5) is 5.82 Å². The molecule has 2 aromatic rings. The monoisotopic (exact) mass is 417 g/mol. The number of fused-ring (bicyclic) bond motifs is 1. The van der Waals surface area contributed by atoms with E-state index >= 15 is 0 Å². The van der Waals surface area contributed by atoms with Crippen molar-refractivity contribution in [3.05, 3.63) is 44.7 Å². The molecule has 0 unspecified atom stereocenters. The van der Waals surface area contributed by atoms with Crippen LogP contribution in [0.15, 0.2) is 28.0 Å². The Morgan fingerprint density at radius 3 is 2.71 bits per heavy atom. The van der Waals surface area contributed by atoms with Crippen LogP contribution in [0.1, 0.15) is 17.5 Å². The number of nitrogens with one attached hydrogen (secondary N) is 1. The number of hydrogen-bond donors (Lipinski definition) is 1. The van der Waals surface area contributed by atoms with Crippen molar-refractivity contribution < 1.29 is 4.79 Å². The van der Waals surface area contributed by atoms with Crippen LogP contribution in [0.5, 0.6) is 0 Å². The first kappa shape index (κ1) is 20.5. The summed E-state index contributed by atoms with van der Waals surface area (Å²) in [6, 6.07) is 3.73. The number of rotatable bonds is 6. The SMILES string of the molecule is Cc1ccc2nc(NCCCN(C)C)c(C=C3SC(=S)N(C)C3=O)c(=O)n2c1. The number of aromatic nitrogens is 2. The second-order valence-corrected chi connectivity index (χ2v) is 8.61. The van der Waals surface area contributed by atoms with Crippen LogP contribution in [-0.4, -0.2) is 63.6 Å². The summed E-state index contributed by atoms with van der Waals surface area (Å²) in [5.74, 6) is 0.274. The van der Waals surface area contributed by atoms with Crippen LogP contribution in [0.3, 0.4) is 0 Å². The largest absolute Gasteiger partial charge is 0.369 e. The number of thiocarbonyl (C=S) groups is 1. The van der Waals surface area contributed by atoms with E-state index in [-0.39, 0.29) is 11.5 Å². The van der Waals surface area contributed by atoms with E-state index in [4.69, 9.17) is 12.2 Å². The highest BCUT2D eigenvalue weighted by atomic mass is 32.2. The molecule has 0 spiro atoms. The Hall–Kier alpha value is -2.23. The van der Waals surface area contributed by atoms with E-state index in [1.54, 1.807) is 19.3 Å². The maximum atomic E-state index is 13.2. The zero-order chi connectivity index (χ0) is 20.4. The summed E-state index contributed by atoms with van der Waals surface area (Å²) in [5.41, 5.74) is 1.66. The molecule has 7 nitrogen and oxygen atoms in total. The van der Waals surface area contributed by atoms with Gasteiger partial charge in [0.15, 0.2) is 0 Å². The Morgan fingerprint density at radius 1 is 1.32 bits per heavy atom. The minimum atomic E-state index is -0.217. The van der Waals surface area contributed by atoms with E-state index in [2.05, 4.69) is 15.2 Å². The topological polar surface area (TPSA) is 70.0 Å². The van der Waals surface area contributed by atoms with Crippen molar-refractivity contribution >= 4 is 51.7 Å². The maximum absolute atomic E-state index is 13.2. The minimum Gasteiger partial charge on any atom is -0.369 e. The fourth-order valence-corrected chi connectivity index (χ4v) is 3.96. The zero-order valence-electron chi connectivity index (χ0n) is 16.4. The highest BCUT2D eigenvalue weighted by molar-refractivity contribution is 8.26. The van der Waals surface area contributed by atoms with Gasteiger partial charge in [-0.2, -0.15) is 0 Å². The van der Waals surface area contributed by atoms with Gasteiger partial charge in [-0.25, -0.2) is 4.98 Å². The lowest BCUT2D eigenvalue weighted by atomic mass is 10.2. The molecule has 1 aliphatic rings. The van der Waals surface area contributed by atoms with Gasteiger partial charge in [0, 0.05) is 19.8 Å². The molecule has 3 rings (SSSR count). The summed E-state index contributed by atoms with van der Waals surface area (Å²) < 4.78 is 1.99. The van der Waals surface area contributed by atoms with Gasteiger partial charge in [-0.15, -0.1) is 0 Å². The highest BCUT2D eigenvalue weighted by Crippen LogP contribution is 2.31. The van der Waals surface area contributed by atoms with Crippen LogP contribution in [0.2, 0.25) is 0 Å². The summed E-state index contributed by atoms with van der Waals surface area (Å²) in [5, 5.41) is 3.26. The lowest BCUT2D eigenvalue weighted by molar-refractivity contribution is -0.121. The average Bonchev–Trinajstić information content (AvgIpc) is 2.89. The quantitative estimate of drug-likeness (QED) is 0.439. The predicted molar refractivity (Wildman–Crippen MR) is 119 cm³/mol. The lowest BCUT2D eigenvalue weighted by Gasteiger charge is -2.13. The standard InChI is InChI=1S/C19H23N5O2S2/c1-12-6-7-15-21-16(20-8-5-9-22(2)3)13(17(25)24(15)11-12)10-14-18(26)23(4)19(27)28-14/h6-7,10-11,20H,5,8-9H2,1-4H3. The molecule has 9 heteroatoms. The van der Waals surface area contributed by atoms with Crippen LogP contribution >= 0.6 is 24.0 Å². The van der Waals surface area contributed by atoms with Crippen LogP contribution in [0, 0.1) is 6.92 Å². The number of amides is 1. The number of anilines is 1. The number of hydrogen-bond acceptors (Lipinski definition) is 7. The van der Waals surface area contributed by atoms with Crippen molar-refractivity contribution in [1.82, 2.24) is 19.2 Å². The summed E-state index contributed by atoms with van der Waals surface area (Å²) in [4.78, 5) is 34.1. The number of thioether (sulfide) groups is 1. The molecule has 0 atom stereocenters. The highest BCUT2D eigenvalue weighted by Gasteiger charge is 2.29. The Morgan fingerprint density at radius 2 is 2.07 bits per heavy atom. The molecule has 0 aliphatic carbocycles. The molecule has 0 aromatic carbocycles. The third kappa shape index (κ3) is 4.26. The van der Waals surface area contributed by atoms with Crippen molar-refractivity contribution in [2.24, 2.45) is 0 Å². The zero-order valence-corrected chi connectivity index (χ0v) is 18.0. The second kappa shape index (κ2) is 8.42. The minimum absolute atomic E-state index is 0.206. The molecule has 2 aromatic heterocycles. The molecule has 0 saturated carbocycles. The molecular formula is C19H23N5O2S2. The Bertz CT molecular complexity index is 1030. The molecule has 1 amide bonds. The normalized spacial score (nSPS) is 16.0. The van der Waals surface area contributed by atoms with E-state index < -0.39 is 0 Å². The van der Waals surface area contributed by atoms with Crippen molar-refractivity contribution in [3.63, 3.8) is 0 Å². The first-order valence-electron chi connectivity index (χ1n) is 8.91. The van der Waals surface area contributed by atoms with Gasteiger partial charge in [-0.05, 0) is 51.7 Å². The van der Waals surface area contributed by atoms with Crippen LogP contribution in [-0.2, 0) is 4.79 Å². The average molecular weight is 418 g/mol. The van der Waals surface area contributed by atoms with Gasteiger partial charge in [0.05, 0.1) is 10.5 Å². The summed E-state index contributed by atoms with van der Waals surface area (Å²) in [7, 11) is 5.66. The summed E-state index contributed by atoms with van der Waals surface area (Å²) in [6.45, 7) is 3.51. The molecule has 3 heterocycles. The van der Waals surface area contributed by atoms with Gasteiger partial charge in [-0.1, -0.05) is 30.0 Å². The molecule has 1 N–H and O–H groups in total. The molecule has 1 saturated heterocycles. The van der Waals surface area contributed by atoms with Crippen molar-refractivity contribution in [1.29, 1.82) is 0 Å². The van der Waals surface area contributed by atoms with Crippen molar-refractivity contribution in [2.45, 2.75) is 13.3 Å². The van der Waals surface area contributed by atoms with E-state index in [0.717, 1.165) is 18.5 Å². The molecule has 1 aliphatic heterocycles.